The van der Waals surface area contributed by atoms with E-state index in [2.05, 4.69) is 11.1 Å². The highest BCUT2D eigenvalue weighted by atomic mass is 35.5. The van der Waals surface area contributed by atoms with Crippen LogP contribution in [0.5, 0.6) is 0 Å². The highest BCUT2D eigenvalue weighted by Crippen LogP contribution is 2.23. The molecule has 0 radical (unpaired) electrons. The molecule has 4 heteroatoms. The molecular weight excluding hydrogens is 198 g/mol. The number of nitriles is 1. The van der Waals surface area contributed by atoms with Gasteiger partial charge in [-0.25, -0.2) is 4.98 Å². The highest BCUT2D eigenvalue weighted by molar-refractivity contribution is 6.32. The third kappa shape index (κ3) is 1.36. The normalized spacial score (nSPS) is 9.71. The summed E-state index contributed by atoms with van der Waals surface area (Å²) in [5.74, 6) is 0. The first-order valence-corrected chi connectivity index (χ1v) is 4.37. The smallest absolute Gasteiger partial charge is 0.101 e. The summed E-state index contributed by atoms with van der Waals surface area (Å²) in [5.41, 5.74) is 1.21. The summed E-state index contributed by atoms with van der Waals surface area (Å²) in [6.07, 6.45) is 5.01. The van der Waals surface area contributed by atoms with Crippen LogP contribution in [0, 0.1) is 11.3 Å². The number of nitrogens with zero attached hydrogens (tertiary/aromatic N) is 3. The molecule has 1 heterocycles. The molecule has 2 aromatic rings. The second-order valence-corrected chi connectivity index (χ2v) is 3.12. The Labute approximate surface area is 86.2 Å². The molecule has 0 amide bonds. The van der Waals surface area contributed by atoms with Gasteiger partial charge in [-0.1, -0.05) is 17.7 Å². The maximum Gasteiger partial charge on any atom is 0.101 e. The molecule has 0 aliphatic carbocycles. The van der Waals surface area contributed by atoms with E-state index in [1.807, 2.05) is 0 Å². The lowest BCUT2D eigenvalue weighted by Crippen LogP contribution is -1.95. The van der Waals surface area contributed by atoms with Crippen molar-refractivity contribution in [1.29, 1.82) is 5.26 Å². The fourth-order valence-corrected chi connectivity index (χ4v) is 1.53. The first kappa shape index (κ1) is 8.79. The van der Waals surface area contributed by atoms with Crippen molar-refractivity contribution in [2.24, 2.45) is 0 Å². The average molecular weight is 204 g/mol. The summed E-state index contributed by atoms with van der Waals surface area (Å²) in [6.45, 7) is 0. The topological polar surface area (TPSA) is 41.6 Å². The van der Waals surface area contributed by atoms with Crippen molar-refractivity contribution in [2.45, 2.75) is 0 Å². The van der Waals surface area contributed by atoms with Crippen molar-refractivity contribution in [1.82, 2.24) is 9.55 Å². The Kier molecular flexibility index (Phi) is 2.21. The zero-order valence-corrected chi connectivity index (χ0v) is 7.94. The van der Waals surface area contributed by atoms with E-state index in [0.717, 1.165) is 0 Å². The number of benzene rings is 1. The van der Waals surface area contributed by atoms with Crippen molar-refractivity contribution in [3.8, 4) is 11.8 Å². The third-order valence-corrected chi connectivity index (χ3v) is 2.17. The van der Waals surface area contributed by atoms with Crippen LogP contribution in [0.4, 0.5) is 0 Å². The molecule has 0 aliphatic heterocycles. The first-order chi connectivity index (χ1) is 6.83. The van der Waals surface area contributed by atoms with Crippen LogP contribution in [0.1, 0.15) is 5.56 Å². The van der Waals surface area contributed by atoms with Gasteiger partial charge >= 0.3 is 0 Å². The Bertz CT molecular complexity index is 483. The van der Waals surface area contributed by atoms with E-state index >= 15 is 0 Å². The van der Waals surface area contributed by atoms with Gasteiger partial charge in [-0.3, -0.25) is 0 Å². The Hall–Kier alpha value is -1.79. The molecule has 0 spiro atoms. The molecule has 0 N–H and O–H groups in total. The van der Waals surface area contributed by atoms with Gasteiger partial charge in [-0.05, 0) is 12.1 Å². The van der Waals surface area contributed by atoms with E-state index in [1.54, 1.807) is 41.5 Å². The zero-order valence-electron chi connectivity index (χ0n) is 7.18. The van der Waals surface area contributed by atoms with Crippen LogP contribution in [0.15, 0.2) is 36.9 Å². The monoisotopic (exact) mass is 203 g/mol. The molecule has 14 heavy (non-hydrogen) atoms. The number of aromatic nitrogens is 2. The molecule has 2 rings (SSSR count). The number of halogens is 1. The lowest BCUT2D eigenvalue weighted by atomic mass is 10.2. The van der Waals surface area contributed by atoms with Crippen molar-refractivity contribution in [3.63, 3.8) is 0 Å². The van der Waals surface area contributed by atoms with Crippen LogP contribution in [0.25, 0.3) is 5.69 Å². The molecule has 1 aromatic heterocycles. The summed E-state index contributed by atoms with van der Waals surface area (Å²) in [4.78, 5) is 3.91. The van der Waals surface area contributed by atoms with Crippen molar-refractivity contribution >= 4 is 11.6 Å². The minimum absolute atomic E-state index is 0.538. The number of rotatable bonds is 1. The van der Waals surface area contributed by atoms with Crippen molar-refractivity contribution < 1.29 is 0 Å². The number of para-hydroxylation sites is 1. The lowest BCUT2D eigenvalue weighted by molar-refractivity contribution is 1.05. The quantitative estimate of drug-likeness (QED) is 0.714. The largest absolute Gasteiger partial charge is 0.303 e. The Morgan fingerprint density at radius 2 is 2.29 bits per heavy atom. The minimum Gasteiger partial charge on any atom is -0.303 e. The van der Waals surface area contributed by atoms with Crippen LogP contribution in [-0.2, 0) is 0 Å². The second kappa shape index (κ2) is 3.52. The Morgan fingerprint density at radius 3 is 2.93 bits per heavy atom. The minimum atomic E-state index is 0.538. The molecule has 0 saturated carbocycles. The lowest BCUT2D eigenvalue weighted by Gasteiger charge is -2.06. The van der Waals surface area contributed by atoms with Gasteiger partial charge in [0.05, 0.1) is 22.6 Å². The summed E-state index contributed by atoms with van der Waals surface area (Å²) in [7, 11) is 0. The Balaban J connectivity index is 2.69. The molecule has 0 unspecified atom stereocenters. The maximum atomic E-state index is 8.90. The van der Waals surface area contributed by atoms with Gasteiger partial charge in [0, 0.05) is 12.4 Å². The number of imidazole rings is 1. The number of hydrogen-bond donors (Lipinski definition) is 0. The van der Waals surface area contributed by atoms with E-state index in [0.29, 0.717) is 16.3 Å². The maximum absolute atomic E-state index is 8.90. The van der Waals surface area contributed by atoms with Crippen LogP contribution < -0.4 is 0 Å². The fourth-order valence-electron chi connectivity index (χ4n) is 1.26. The third-order valence-electron chi connectivity index (χ3n) is 1.87. The molecular formula is C10H6ClN3. The Morgan fingerprint density at radius 1 is 1.43 bits per heavy atom. The van der Waals surface area contributed by atoms with Crippen LogP contribution >= 0.6 is 11.6 Å². The summed E-state index contributed by atoms with van der Waals surface area (Å²) in [6, 6.07) is 7.31. The zero-order chi connectivity index (χ0) is 9.97. The van der Waals surface area contributed by atoms with Gasteiger partial charge in [0.2, 0.25) is 0 Å². The van der Waals surface area contributed by atoms with Crippen LogP contribution in [-0.4, -0.2) is 9.55 Å². The van der Waals surface area contributed by atoms with E-state index in [-0.39, 0.29) is 0 Å². The molecule has 1 aromatic carbocycles. The van der Waals surface area contributed by atoms with Gasteiger partial charge in [0.1, 0.15) is 6.07 Å². The van der Waals surface area contributed by atoms with Crippen LogP contribution in [0.3, 0.4) is 0 Å². The summed E-state index contributed by atoms with van der Waals surface area (Å²) < 4.78 is 1.72. The summed E-state index contributed by atoms with van der Waals surface area (Å²) in [5, 5.41) is 9.44. The van der Waals surface area contributed by atoms with E-state index < -0.39 is 0 Å². The molecule has 0 bridgehead atoms. The van der Waals surface area contributed by atoms with Gasteiger partial charge in [-0.15, -0.1) is 0 Å². The highest BCUT2D eigenvalue weighted by Gasteiger charge is 2.07. The van der Waals surface area contributed by atoms with E-state index in [1.165, 1.54) is 0 Å². The SMILES string of the molecule is N#Cc1cccc(Cl)c1-n1ccnc1. The second-order valence-electron chi connectivity index (χ2n) is 2.72. The van der Waals surface area contributed by atoms with Crippen molar-refractivity contribution in [2.75, 3.05) is 0 Å². The number of hydrogen-bond acceptors (Lipinski definition) is 2. The summed E-state index contributed by atoms with van der Waals surface area (Å²) >= 11 is 6.00. The standard InChI is InChI=1S/C10H6ClN3/c11-9-3-1-2-8(6-12)10(9)14-5-4-13-7-14/h1-5,7H. The predicted octanol–water partition coefficient (Wildman–Crippen LogP) is 2.40. The first-order valence-electron chi connectivity index (χ1n) is 4.00. The van der Waals surface area contributed by atoms with Gasteiger partial charge in [-0.2, -0.15) is 5.26 Å². The van der Waals surface area contributed by atoms with Gasteiger partial charge < -0.3 is 4.57 Å². The van der Waals surface area contributed by atoms with Crippen LogP contribution in [0.2, 0.25) is 5.02 Å². The fraction of sp³-hybridized carbons (Fsp3) is 0. The molecule has 0 saturated heterocycles. The van der Waals surface area contributed by atoms with Crippen molar-refractivity contribution in [3.05, 3.63) is 47.5 Å². The van der Waals surface area contributed by atoms with Gasteiger partial charge in [0.15, 0.2) is 0 Å². The molecule has 0 aliphatic rings. The molecule has 68 valence electrons. The molecule has 3 nitrogen and oxygen atoms in total. The molecule has 0 atom stereocenters. The van der Waals surface area contributed by atoms with E-state index in [4.69, 9.17) is 16.9 Å². The average Bonchev–Trinajstić information content (AvgIpc) is 2.70. The van der Waals surface area contributed by atoms with Gasteiger partial charge in [0.25, 0.3) is 0 Å². The molecule has 0 fully saturated rings. The van der Waals surface area contributed by atoms with E-state index in [9.17, 15) is 0 Å². The predicted molar refractivity (Wildman–Crippen MR) is 53.3 cm³/mol.